The molecule has 26 heavy (non-hydrogen) atoms. The van der Waals surface area contributed by atoms with E-state index in [4.69, 9.17) is 10.00 Å². The molecule has 1 aliphatic heterocycles. The van der Waals surface area contributed by atoms with Crippen LogP contribution in [0.2, 0.25) is 0 Å². The molecule has 0 aliphatic carbocycles. The fraction of sp³-hybridized carbons (Fsp3) is 0.263. The minimum atomic E-state index is -0.339. The second kappa shape index (κ2) is 8.19. The van der Waals surface area contributed by atoms with Gasteiger partial charge in [-0.05, 0) is 58.4 Å². The second-order valence-corrected chi connectivity index (χ2v) is 6.74. The van der Waals surface area contributed by atoms with E-state index in [0.29, 0.717) is 37.5 Å². The van der Waals surface area contributed by atoms with Crippen molar-refractivity contribution in [1.82, 2.24) is 4.90 Å². The lowest BCUT2D eigenvalue weighted by Gasteiger charge is -2.36. The molecule has 7 heteroatoms. The lowest BCUT2D eigenvalue weighted by molar-refractivity contribution is -0.133. The topological polar surface area (TPSA) is 56.6 Å². The van der Waals surface area contributed by atoms with E-state index in [1.165, 1.54) is 24.3 Å². The third-order valence-electron chi connectivity index (χ3n) is 4.23. The lowest BCUT2D eigenvalue weighted by Crippen LogP contribution is -2.50. The number of carbonyl (C=O) groups excluding carboxylic acids is 1. The Bertz CT molecular complexity index is 828. The predicted octanol–water partition coefficient (Wildman–Crippen LogP) is 3.19. The molecule has 0 saturated carbocycles. The summed E-state index contributed by atoms with van der Waals surface area (Å²) in [5, 5.41) is 8.95. The highest BCUT2D eigenvalue weighted by atomic mass is 79.9. The van der Waals surface area contributed by atoms with Gasteiger partial charge in [0.25, 0.3) is 5.91 Å². The van der Waals surface area contributed by atoms with Crippen LogP contribution in [0.15, 0.2) is 46.9 Å². The number of benzene rings is 2. The van der Waals surface area contributed by atoms with Crippen LogP contribution < -0.4 is 9.64 Å². The van der Waals surface area contributed by atoms with Gasteiger partial charge in [0.2, 0.25) is 0 Å². The van der Waals surface area contributed by atoms with Crippen LogP contribution in [0.3, 0.4) is 0 Å². The molecule has 0 N–H and O–H groups in total. The Morgan fingerprint density at radius 2 is 1.85 bits per heavy atom. The van der Waals surface area contributed by atoms with Crippen molar-refractivity contribution in [3.8, 4) is 11.8 Å². The smallest absolute Gasteiger partial charge is 0.260 e. The molecule has 5 nitrogen and oxygen atoms in total. The number of halogens is 2. The molecule has 134 valence electrons. The van der Waals surface area contributed by atoms with Gasteiger partial charge >= 0.3 is 0 Å². The number of hydrogen-bond donors (Lipinski definition) is 0. The lowest BCUT2D eigenvalue weighted by atomic mass is 10.2. The average molecular weight is 418 g/mol. The third-order valence-corrected chi connectivity index (χ3v) is 4.86. The molecule has 0 spiro atoms. The first-order chi connectivity index (χ1) is 12.6. The first-order valence-electron chi connectivity index (χ1n) is 8.17. The van der Waals surface area contributed by atoms with Crippen LogP contribution in [0.1, 0.15) is 5.56 Å². The van der Waals surface area contributed by atoms with E-state index in [2.05, 4.69) is 26.9 Å². The predicted molar refractivity (Wildman–Crippen MR) is 99.5 cm³/mol. The molecule has 0 aromatic heterocycles. The summed E-state index contributed by atoms with van der Waals surface area (Å²) in [5.74, 6) is 0.0431. The Hall–Kier alpha value is -2.59. The maximum Gasteiger partial charge on any atom is 0.260 e. The van der Waals surface area contributed by atoms with Gasteiger partial charge in [-0.3, -0.25) is 4.79 Å². The summed E-state index contributed by atoms with van der Waals surface area (Å²) in [6.45, 7) is 2.53. The summed E-state index contributed by atoms with van der Waals surface area (Å²) >= 11 is 3.50. The average Bonchev–Trinajstić information content (AvgIpc) is 2.67. The SMILES string of the molecule is N#Cc1ccc(N2CCN(C(=O)COc3ccc(F)cc3)CC2)c(Br)c1. The van der Waals surface area contributed by atoms with Crippen LogP contribution in [0.5, 0.6) is 5.75 Å². The van der Waals surface area contributed by atoms with Gasteiger partial charge in [0.15, 0.2) is 6.61 Å². The summed E-state index contributed by atoms with van der Waals surface area (Å²) in [4.78, 5) is 16.2. The zero-order valence-electron chi connectivity index (χ0n) is 14.0. The van der Waals surface area contributed by atoms with Crippen LogP contribution in [-0.4, -0.2) is 43.6 Å². The van der Waals surface area contributed by atoms with Crippen LogP contribution in [0, 0.1) is 17.1 Å². The number of nitriles is 1. The van der Waals surface area contributed by atoms with Crippen molar-refractivity contribution in [2.45, 2.75) is 0 Å². The fourth-order valence-corrected chi connectivity index (χ4v) is 3.43. The number of hydrogen-bond acceptors (Lipinski definition) is 4. The first kappa shape index (κ1) is 18.2. The third kappa shape index (κ3) is 4.33. The standard InChI is InChI=1S/C19H17BrFN3O2/c20-17-11-14(12-22)1-6-18(17)23-7-9-24(10-8-23)19(25)13-26-16-4-2-15(21)3-5-16/h1-6,11H,7-10,13H2. The van der Waals surface area contributed by atoms with Crippen LogP contribution >= 0.6 is 15.9 Å². The normalized spacial score (nSPS) is 14.0. The van der Waals surface area contributed by atoms with Crippen molar-refractivity contribution in [2.75, 3.05) is 37.7 Å². The van der Waals surface area contributed by atoms with Gasteiger partial charge in [-0.1, -0.05) is 0 Å². The highest BCUT2D eigenvalue weighted by Crippen LogP contribution is 2.28. The number of rotatable bonds is 4. The molecule has 0 bridgehead atoms. The molecule has 0 atom stereocenters. The quantitative estimate of drug-likeness (QED) is 0.766. The van der Waals surface area contributed by atoms with E-state index < -0.39 is 0 Å². The van der Waals surface area contributed by atoms with E-state index in [0.717, 1.165) is 10.2 Å². The van der Waals surface area contributed by atoms with Crippen molar-refractivity contribution in [3.05, 3.63) is 58.3 Å². The zero-order chi connectivity index (χ0) is 18.5. The van der Waals surface area contributed by atoms with Crippen LogP contribution in [-0.2, 0) is 4.79 Å². The number of amides is 1. The van der Waals surface area contributed by atoms with E-state index in [9.17, 15) is 9.18 Å². The van der Waals surface area contributed by atoms with Gasteiger partial charge in [0, 0.05) is 30.7 Å². The number of ether oxygens (including phenoxy) is 1. The minimum Gasteiger partial charge on any atom is -0.484 e. The molecule has 0 radical (unpaired) electrons. The van der Waals surface area contributed by atoms with E-state index >= 15 is 0 Å². The van der Waals surface area contributed by atoms with Gasteiger partial charge in [-0.2, -0.15) is 5.26 Å². The Morgan fingerprint density at radius 1 is 1.15 bits per heavy atom. The number of anilines is 1. The van der Waals surface area contributed by atoms with Crippen molar-refractivity contribution < 1.29 is 13.9 Å². The molecule has 1 fully saturated rings. The molecule has 1 saturated heterocycles. The summed E-state index contributed by atoms with van der Waals surface area (Å²) in [5.41, 5.74) is 1.62. The largest absolute Gasteiger partial charge is 0.484 e. The zero-order valence-corrected chi connectivity index (χ0v) is 15.6. The number of carbonyl (C=O) groups is 1. The molecular weight excluding hydrogens is 401 g/mol. The van der Waals surface area contributed by atoms with E-state index in [-0.39, 0.29) is 18.3 Å². The monoisotopic (exact) mass is 417 g/mol. The maximum absolute atomic E-state index is 12.9. The highest BCUT2D eigenvalue weighted by Gasteiger charge is 2.22. The molecule has 2 aromatic carbocycles. The second-order valence-electron chi connectivity index (χ2n) is 5.89. The summed E-state index contributed by atoms with van der Waals surface area (Å²) in [7, 11) is 0. The van der Waals surface area contributed by atoms with Gasteiger partial charge in [0.05, 0.1) is 17.3 Å². The first-order valence-corrected chi connectivity index (χ1v) is 8.97. The summed E-state index contributed by atoms with van der Waals surface area (Å²) in [6.07, 6.45) is 0. The molecule has 3 rings (SSSR count). The molecule has 1 heterocycles. The molecule has 0 unspecified atom stereocenters. The van der Waals surface area contributed by atoms with E-state index in [1.54, 1.807) is 17.0 Å². The van der Waals surface area contributed by atoms with Crippen molar-refractivity contribution >= 4 is 27.5 Å². The van der Waals surface area contributed by atoms with Crippen molar-refractivity contribution in [1.29, 1.82) is 5.26 Å². The van der Waals surface area contributed by atoms with Crippen molar-refractivity contribution in [2.24, 2.45) is 0 Å². The van der Waals surface area contributed by atoms with Gasteiger partial charge in [-0.25, -0.2) is 4.39 Å². The van der Waals surface area contributed by atoms with E-state index in [1.807, 2.05) is 6.07 Å². The summed E-state index contributed by atoms with van der Waals surface area (Å²) in [6, 6.07) is 13.2. The number of nitrogens with zero attached hydrogens (tertiary/aromatic N) is 3. The fourth-order valence-electron chi connectivity index (χ4n) is 2.80. The number of piperazine rings is 1. The molecular formula is C19H17BrFN3O2. The minimum absolute atomic E-state index is 0.0633. The summed E-state index contributed by atoms with van der Waals surface area (Å²) < 4.78 is 19.2. The van der Waals surface area contributed by atoms with Gasteiger partial charge in [-0.15, -0.1) is 0 Å². The Labute approximate surface area is 159 Å². The van der Waals surface area contributed by atoms with Gasteiger partial charge < -0.3 is 14.5 Å². The molecule has 1 amide bonds. The Morgan fingerprint density at radius 3 is 2.46 bits per heavy atom. The molecule has 2 aromatic rings. The Balaban J connectivity index is 1.52. The van der Waals surface area contributed by atoms with Crippen LogP contribution in [0.25, 0.3) is 0 Å². The molecule has 1 aliphatic rings. The van der Waals surface area contributed by atoms with Crippen molar-refractivity contribution in [3.63, 3.8) is 0 Å². The van der Waals surface area contributed by atoms with Gasteiger partial charge in [0.1, 0.15) is 11.6 Å². The maximum atomic E-state index is 12.9. The van der Waals surface area contributed by atoms with Crippen LogP contribution in [0.4, 0.5) is 10.1 Å². The highest BCUT2D eigenvalue weighted by molar-refractivity contribution is 9.10. The Kier molecular flexibility index (Phi) is 5.74.